The van der Waals surface area contributed by atoms with E-state index in [0.717, 1.165) is 0 Å². The van der Waals surface area contributed by atoms with E-state index in [-0.39, 0.29) is 34.7 Å². The number of aromatic hydroxyl groups is 1. The van der Waals surface area contributed by atoms with Crippen molar-refractivity contribution >= 4 is 11.8 Å². The maximum absolute atomic E-state index is 12.9. The van der Waals surface area contributed by atoms with E-state index >= 15 is 0 Å². The van der Waals surface area contributed by atoms with Crippen LogP contribution in [-0.4, -0.2) is 40.8 Å². The zero-order valence-electron chi connectivity index (χ0n) is 17.7. The van der Waals surface area contributed by atoms with Gasteiger partial charge in [0.2, 0.25) is 0 Å². The summed E-state index contributed by atoms with van der Waals surface area (Å²) in [6.07, 6.45) is 2.55. The van der Waals surface area contributed by atoms with Gasteiger partial charge in [-0.3, -0.25) is 4.79 Å². The monoisotopic (exact) mass is 402 g/mol. The van der Waals surface area contributed by atoms with Crippen molar-refractivity contribution in [2.24, 2.45) is 17.3 Å². The number of esters is 1. The lowest BCUT2D eigenvalue weighted by molar-refractivity contribution is -0.122. The molecule has 0 unspecified atom stereocenters. The van der Waals surface area contributed by atoms with E-state index in [1.165, 1.54) is 25.3 Å². The third-order valence-corrected chi connectivity index (χ3v) is 6.79. The second-order valence-electron chi connectivity index (χ2n) is 8.98. The molecule has 3 rings (SSSR count). The fourth-order valence-corrected chi connectivity index (χ4v) is 4.97. The molecule has 0 spiro atoms. The van der Waals surface area contributed by atoms with Gasteiger partial charge in [-0.2, -0.15) is 0 Å². The minimum Gasteiger partial charge on any atom is -0.504 e. The summed E-state index contributed by atoms with van der Waals surface area (Å²) in [6, 6.07) is 4.25. The average molecular weight is 402 g/mol. The number of Topliss-reactive ketones (excluding diaryl/α,β-unsaturated/α-hetero) is 1. The number of aliphatic hydroxyl groups is 1. The first kappa shape index (κ1) is 21.4. The van der Waals surface area contributed by atoms with E-state index in [4.69, 9.17) is 9.47 Å². The van der Waals surface area contributed by atoms with E-state index in [0.29, 0.717) is 24.8 Å². The lowest BCUT2D eigenvalue weighted by atomic mass is 9.68. The molecule has 0 saturated heterocycles. The number of carbonyl (C=O) groups is 2. The fourth-order valence-electron chi connectivity index (χ4n) is 4.97. The summed E-state index contributed by atoms with van der Waals surface area (Å²) >= 11 is 0. The molecule has 1 saturated carbocycles. The Hall–Kier alpha value is -2.34. The van der Waals surface area contributed by atoms with Crippen LogP contribution in [0.5, 0.6) is 11.5 Å². The predicted octanol–water partition coefficient (Wildman–Crippen LogP) is 3.65. The molecule has 158 valence electrons. The van der Waals surface area contributed by atoms with Crippen LogP contribution in [-0.2, 0) is 9.53 Å². The van der Waals surface area contributed by atoms with Crippen molar-refractivity contribution in [3.8, 4) is 11.5 Å². The molecule has 2 aliphatic rings. The molecule has 4 atom stereocenters. The van der Waals surface area contributed by atoms with Crippen molar-refractivity contribution in [3.05, 3.63) is 35.4 Å². The first-order chi connectivity index (χ1) is 13.5. The number of fused-ring (bicyclic) bond motifs is 1. The zero-order chi connectivity index (χ0) is 21.6. The number of methoxy groups -OCH3 is 1. The Morgan fingerprint density at radius 1 is 1.28 bits per heavy atom. The van der Waals surface area contributed by atoms with Crippen molar-refractivity contribution in [2.75, 3.05) is 7.11 Å². The van der Waals surface area contributed by atoms with Crippen LogP contribution in [0.25, 0.3) is 0 Å². The summed E-state index contributed by atoms with van der Waals surface area (Å²) in [4.78, 5) is 25.5. The van der Waals surface area contributed by atoms with E-state index in [1.807, 2.05) is 20.8 Å². The molecule has 2 aliphatic carbocycles. The number of carbonyl (C=O) groups excluding carboxylic acids is 2. The molecule has 0 radical (unpaired) electrons. The van der Waals surface area contributed by atoms with Crippen LogP contribution in [0.15, 0.2) is 29.8 Å². The van der Waals surface area contributed by atoms with Gasteiger partial charge < -0.3 is 19.7 Å². The number of hydrogen-bond acceptors (Lipinski definition) is 6. The van der Waals surface area contributed by atoms with Crippen LogP contribution in [0.4, 0.5) is 0 Å². The standard InChI is InChI=1S/C23H30O6/c1-13(2)23(27)9-8-22(4)12-17(25)14(3)10-19(20(22)23)29-21(26)15-6-7-16(24)18(11-15)28-5/h6-7,10-11,13,19-20,24,27H,8-9,12H2,1-5H3/t19-,20-,22-,23-/m1/s1. The summed E-state index contributed by atoms with van der Waals surface area (Å²) in [7, 11) is 1.40. The Morgan fingerprint density at radius 2 is 1.97 bits per heavy atom. The lowest BCUT2D eigenvalue weighted by Crippen LogP contribution is -2.50. The van der Waals surface area contributed by atoms with Crippen LogP contribution in [0.2, 0.25) is 0 Å². The number of allylic oxidation sites excluding steroid dienone is 1. The molecule has 0 bridgehead atoms. The van der Waals surface area contributed by atoms with E-state index in [9.17, 15) is 19.8 Å². The van der Waals surface area contributed by atoms with Crippen molar-refractivity contribution < 1.29 is 29.3 Å². The van der Waals surface area contributed by atoms with Gasteiger partial charge in [-0.1, -0.05) is 20.8 Å². The van der Waals surface area contributed by atoms with Crippen LogP contribution < -0.4 is 4.74 Å². The molecule has 0 amide bonds. The summed E-state index contributed by atoms with van der Waals surface area (Å²) in [5.41, 5.74) is -0.711. The maximum Gasteiger partial charge on any atom is 0.338 e. The van der Waals surface area contributed by atoms with Crippen molar-refractivity contribution in [1.82, 2.24) is 0 Å². The third kappa shape index (κ3) is 3.66. The van der Waals surface area contributed by atoms with Crippen molar-refractivity contribution in [1.29, 1.82) is 0 Å². The minimum absolute atomic E-state index is 0.0235. The largest absolute Gasteiger partial charge is 0.504 e. The fraction of sp³-hybridized carbons (Fsp3) is 0.565. The molecule has 0 aromatic heterocycles. The van der Waals surface area contributed by atoms with Gasteiger partial charge in [-0.05, 0) is 60.9 Å². The lowest BCUT2D eigenvalue weighted by Gasteiger charge is -2.42. The Labute approximate surface area is 171 Å². The predicted molar refractivity (Wildman–Crippen MR) is 108 cm³/mol. The topological polar surface area (TPSA) is 93.1 Å². The highest BCUT2D eigenvalue weighted by Gasteiger charge is 2.60. The Morgan fingerprint density at radius 3 is 2.59 bits per heavy atom. The van der Waals surface area contributed by atoms with E-state index in [1.54, 1.807) is 13.0 Å². The van der Waals surface area contributed by atoms with Crippen LogP contribution in [0.1, 0.15) is 57.3 Å². The van der Waals surface area contributed by atoms with E-state index < -0.39 is 23.1 Å². The molecular formula is C23H30O6. The van der Waals surface area contributed by atoms with Crippen LogP contribution >= 0.6 is 0 Å². The SMILES string of the molecule is COc1cc(C(=O)O[C@@H]2C=C(C)C(=O)C[C@@]3(C)CC[C@@](O)(C(C)C)[C@H]23)ccc1O. The van der Waals surface area contributed by atoms with Crippen molar-refractivity contribution in [2.45, 2.75) is 58.7 Å². The van der Waals surface area contributed by atoms with Gasteiger partial charge in [0.25, 0.3) is 0 Å². The van der Waals surface area contributed by atoms with Gasteiger partial charge in [0, 0.05) is 12.3 Å². The molecule has 6 heteroatoms. The molecule has 1 fully saturated rings. The smallest absolute Gasteiger partial charge is 0.338 e. The third-order valence-electron chi connectivity index (χ3n) is 6.79. The molecule has 0 aliphatic heterocycles. The highest BCUT2D eigenvalue weighted by atomic mass is 16.5. The van der Waals surface area contributed by atoms with Crippen LogP contribution in [0, 0.1) is 17.3 Å². The second-order valence-corrected chi connectivity index (χ2v) is 8.98. The molecule has 29 heavy (non-hydrogen) atoms. The Bertz CT molecular complexity index is 857. The normalized spacial score (nSPS) is 31.8. The summed E-state index contributed by atoms with van der Waals surface area (Å²) < 4.78 is 10.9. The van der Waals surface area contributed by atoms with Gasteiger partial charge in [-0.15, -0.1) is 0 Å². The van der Waals surface area contributed by atoms with Gasteiger partial charge in [0.05, 0.1) is 18.3 Å². The van der Waals surface area contributed by atoms with E-state index in [2.05, 4.69) is 0 Å². The van der Waals surface area contributed by atoms with Gasteiger partial charge >= 0.3 is 5.97 Å². The number of benzene rings is 1. The quantitative estimate of drug-likeness (QED) is 0.747. The molecule has 0 heterocycles. The molecule has 2 N–H and O–H groups in total. The first-order valence-electron chi connectivity index (χ1n) is 10.0. The Balaban J connectivity index is 2.00. The molecule has 1 aromatic rings. The zero-order valence-corrected chi connectivity index (χ0v) is 17.7. The molecule has 1 aromatic carbocycles. The maximum atomic E-state index is 12.9. The minimum atomic E-state index is -1.03. The number of ketones is 1. The second kappa shape index (κ2) is 7.48. The molecule has 6 nitrogen and oxygen atoms in total. The summed E-state index contributed by atoms with van der Waals surface area (Å²) in [6.45, 7) is 7.65. The Kier molecular flexibility index (Phi) is 5.52. The highest BCUT2D eigenvalue weighted by Crippen LogP contribution is 2.57. The van der Waals surface area contributed by atoms with Crippen LogP contribution in [0.3, 0.4) is 0 Å². The number of ether oxygens (including phenoxy) is 2. The molecular weight excluding hydrogens is 372 g/mol. The average Bonchev–Trinajstić information content (AvgIpc) is 2.88. The summed E-state index contributed by atoms with van der Waals surface area (Å²) in [5.74, 6) is -0.906. The number of phenolic OH excluding ortho intramolecular Hbond substituents is 1. The van der Waals surface area contributed by atoms with Gasteiger partial charge in [-0.25, -0.2) is 4.79 Å². The first-order valence-corrected chi connectivity index (χ1v) is 10.0. The number of hydrogen-bond donors (Lipinski definition) is 2. The number of rotatable bonds is 4. The number of phenols is 1. The van der Waals surface area contributed by atoms with Gasteiger partial charge in [0.1, 0.15) is 6.10 Å². The highest BCUT2D eigenvalue weighted by molar-refractivity contribution is 5.96. The van der Waals surface area contributed by atoms with Crippen molar-refractivity contribution in [3.63, 3.8) is 0 Å². The van der Waals surface area contributed by atoms with Gasteiger partial charge in [0.15, 0.2) is 17.3 Å². The summed E-state index contributed by atoms with van der Waals surface area (Å²) in [5, 5.41) is 21.3.